The Kier molecular flexibility index (Phi) is 5.70. The Morgan fingerprint density at radius 2 is 1.91 bits per heavy atom. The molecule has 0 spiro atoms. The molecule has 9 nitrogen and oxygen atoms in total. The zero-order valence-electron chi connectivity index (χ0n) is 17.8. The molecule has 1 N–H and O–H groups in total. The molecule has 0 bridgehead atoms. The molecule has 1 aliphatic rings. The maximum Gasteiger partial charge on any atom is 0.285 e. The summed E-state index contributed by atoms with van der Waals surface area (Å²) in [6, 6.07) is 10.6. The highest BCUT2D eigenvalue weighted by Gasteiger charge is 2.34. The van der Waals surface area contributed by atoms with Gasteiger partial charge in [0.25, 0.3) is 11.6 Å². The van der Waals surface area contributed by atoms with E-state index in [4.69, 9.17) is 0 Å². The summed E-state index contributed by atoms with van der Waals surface area (Å²) >= 11 is 1.17. The number of benzene rings is 2. The summed E-state index contributed by atoms with van der Waals surface area (Å²) in [6.07, 6.45) is 0.304. The number of aromatic nitrogens is 2. The van der Waals surface area contributed by atoms with Crippen LogP contribution < -0.4 is 10.2 Å². The molecule has 3 aromatic rings. The molecule has 2 amide bonds. The number of rotatable bonds is 5. The van der Waals surface area contributed by atoms with Crippen LogP contribution in [0.1, 0.15) is 44.4 Å². The van der Waals surface area contributed by atoms with Gasteiger partial charge in [0.2, 0.25) is 11.0 Å². The number of hydrogen-bond donors (Lipinski definition) is 1. The van der Waals surface area contributed by atoms with Crippen LogP contribution in [0.25, 0.3) is 0 Å². The Labute approximate surface area is 188 Å². The van der Waals surface area contributed by atoms with E-state index in [0.717, 1.165) is 16.8 Å². The van der Waals surface area contributed by atoms with Crippen molar-refractivity contribution in [3.05, 3.63) is 73.8 Å². The zero-order chi connectivity index (χ0) is 23.0. The molecular formula is C22H21N5O4S. The monoisotopic (exact) mass is 451 g/mol. The molecule has 10 heteroatoms. The maximum absolute atomic E-state index is 12.6. The van der Waals surface area contributed by atoms with Crippen LogP contribution in [0, 0.1) is 30.9 Å². The van der Waals surface area contributed by atoms with Crippen LogP contribution in [0.5, 0.6) is 0 Å². The molecule has 164 valence electrons. The Balaban J connectivity index is 1.50. The third kappa shape index (κ3) is 4.22. The Morgan fingerprint density at radius 1 is 1.19 bits per heavy atom. The smallest absolute Gasteiger partial charge is 0.285 e. The standard InChI is InChI=1S/C22H21N5O4S/c1-12-7-13(2)9-16(8-12)26-11-15(10-18(26)28)21-24-25-22(32-21)23-20(29)17-6-4-5-14(3)19(17)27(30)31/h4-9,15H,10-11H2,1-3H3,(H,23,25,29). The van der Waals surface area contributed by atoms with Crippen LogP contribution >= 0.6 is 11.3 Å². The number of nitrogens with one attached hydrogen (secondary N) is 1. The van der Waals surface area contributed by atoms with Crippen molar-refractivity contribution < 1.29 is 14.5 Å². The minimum absolute atomic E-state index is 0.0103. The lowest BCUT2D eigenvalue weighted by atomic mass is 10.1. The van der Waals surface area contributed by atoms with Gasteiger partial charge in [-0.2, -0.15) is 0 Å². The minimum Gasteiger partial charge on any atom is -0.312 e. The van der Waals surface area contributed by atoms with Gasteiger partial charge in [-0.15, -0.1) is 10.2 Å². The average Bonchev–Trinajstić information content (AvgIpc) is 3.33. The summed E-state index contributed by atoms with van der Waals surface area (Å²) in [5.74, 6) is -0.751. The first-order valence-corrected chi connectivity index (χ1v) is 10.8. The third-order valence-corrected chi connectivity index (χ3v) is 6.32. The molecule has 0 aliphatic carbocycles. The maximum atomic E-state index is 12.6. The third-order valence-electron chi connectivity index (χ3n) is 5.32. The fourth-order valence-electron chi connectivity index (χ4n) is 3.93. The molecule has 1 fully saturated rings. The van der Waals surface area contributed by atoms with Gasteiger partial charge in [0, 0.05) is 30.1 Å². The van der Waals surface area contributed by atoms with E-state index in [2.05, 4.69) is 21.6 Å². The number of aryl methyl sites for hydroxylation is 3. The summed E-state index contributed by atoms with van der Waals surface area (Å²) in [6.45, 7) is 6.05. The normalized spacial score (nSPS) is 15.8. The van der Waals surface area contributed by atoms with E-state index in [9.17, 15) is 19.7 Å². The van der Waals surface area contributed by atoms with E-state index in [1.54, 1.807) is 24.0 Å². The second-order valence-corrected chi connectivity index (χ2v) is 8.89. The molecule has 1 unspecified atom stereocenters. The van der Waals surface area contributed by atoms with Crippen molar-refractivity contribution in [3.63, 3.8) is 0 Å². The quantitative estimate of drug-likeness (QED) is 0.460. The van der Waals surface area contributed by atoms with Crippen molar-refractivity contribution in [2.45, 2.75) is 33.1 Å². The SMILES string of the molecule is Cc1cc(C)cc(N2CC(c3nnc(NC(=O)c4cccc(C)c4[N+](=O)[O-])s3)CC2=O)c1. The second kappa shape index (κ2) is 8.46. The number of carbonyl (C=O) groups excluding carboxylic acids is 2. The molecule has 2 heterocycles. The van der Waals surface area contributed by atoms with E-state index in [0.29, 0.717) is 23.5 Å². The number of carbonyl (C=O) groups is 2. The number of anilines is 2. The van der Waals surface area contributed by atoms with E-state index in [-0.39, 0.29) is 28.2 Å². The number of nitro benzene ring substituents is 1. The molecule has 1 aliphatic heterocycles. The van der Waals surface area contributed by atoms with E-state index in [1.165, 1.54) is 17.4 Å². The number of amides is 2. The highest BCUT2D eigenvalue weighted by molar-refractivity contribution is 7.15. The van der Waals surface area contributed by atoms with Crippen LogP contribution in [-0.2, 0) is 4.79 Å². The van der Waals surface area contributed by atoms with Crippen LogP contribution in [0.3, 0.4) is 0 Å². The van der Waals surface area contributed by atoms with E-state index < -0.39 is 10.8 Å². The summed E-state index contributed by atoms with van der Waals surface area (Å²) in [5.41, 5.74) is 3.16. The summed E-state index contributed by atoms with van der Waals surface area (Å²) in [7, 11) is 0. The fourth-order valence-corrected chi connectivity index (χ4v) is 4.76. The van der Waals surface area contributed by atoms with Crippen molar-refractivity contribution in [2.75, 3.05) is 16.8 Å². The lowest BCUT2D eigenvalue weighted by molar-refractivity contribution is -0.385. The van der Waals surface area contributed by atoms with Crippen molar-refractivity contribution >= 4 is 39.7 Å². The zero-order valence-corrected chi connectivity index (χ0v) is 18.6. The lowest BCUT2D eigenvalue weighted by Gasteiger charge is -2.17. The van der Waals surface area contributed by atoms with Gasteiger partial charge in [-0.1, -0.05) is 29.5 Å². The first-order valence-electron chi connectivity index (χ1n) is 10.0. The molecule has 0 radical (unpaired) electrons. The van der Waals surface area contributed by atoms with Gasteiger partial charge in [0.1, 0.15) is 10.6 Å². The molecule has 2 aromatic carbocycles. The van der Waals surface area contributed by atoms with Crippen LogP contribution in [0.2, 0.25) is 0 Å². The van der Waals surface area contributed by atoms with Gasteiger partial charge < -0.3 is 4.90 Å². The summed E-state index contributed by atoms with van der Waals surface area (Å²) in [4.78, 5) is 37.8. The number of hydrogen-bond acceptors (Lipinski definition) is 7. The van der Waals surface area contributed by atoms with Gasteiger partial charge in [0.05, 0.1) is 4.92 Å². The highest BCUT2D eigenvalue weighted by atomic mass is 32.1. The van der Waals surface area contributed by atoms with Crippen molar-refractivity contribution in [2.24, 2.45) is 0 Å². The predicted molar refractivity (Wildman–Crippen MR) is 121 cm³/mol. The summed E-state index contributed by atoms with van der Waals surface area (Å²) < 4.78 is 0. The van der Waals surface area contributed by atoms with Gasteiger partial charge in [-0.25, -0.2) is 0 Å². The first-order chi connectivity index (χ1) is 15.2. The lowest BCUT2D eigenvalue weighted by Crippen LogP contribution is -2.24. The van der Waals surface area contributed by atoms with Crippen molar-refractivity contribution in [1.29, 1.82) is 0 Å². The number of nitro groups is 1. The van der Waals surface area contributed by atoms with Gasteiger partial charge >= 0.3 is 0 Å². The average molecular weight is 452 g/mol. The van der Waals surface area contributed by atoms with Crippen molar-refractivity contribution in [1.82, 2.24) is 10.2 Å². The molecule has 1 aromatic heterocycles. The Hall–Kier alpha value is -3.66. The van der Waals surface area contributed by atoms with E-state index >= 15 is 0 Å². The first kappa shape index (κ1) is 21.6. The van der Waals surface area contributed by atoms with Gasteiger partial charge in [-0.3, -0.25) is 25.0 Å². The number of nitrogens with zero attached hydrogens (tertiary/aromatic N) is 4. The van der Waals surface area contributed by atoms with Crippen LogP contribution in [0.15, 0.2) is 36.4 Å². The molecule has 1 atom stereocenters. The second-order valence-electron chi connectivity index (χ2n) is 7.88. The van der Waals surface area contributed by atoms with E-state index in [1.807, 2.05) is 26.0 Å². The van der Waals surface area contributed by atoms with Gasteiger partial charge in [-0.05, 0) is 50.1 Å². The van der Waals surface area contributed by atoms with Crippen molar-refractivity contribution in [3.8, 4) is 0 Å². The molecule has 1 saturated heterocycles. The fraction of sp³-hybridized carbons (Fsp3) is 0.273. The topological polar surface area (TPSA) is 118 Å². The largest absolute Gasteiger partial charge is 0.312 e. The summed E-state index contributed by atoms with van der Waals surface area (Å²) in [5, 5.41) is 23.0. The minimum atomic E-state index is -0.623. The number of para-hydroxylation sites is 1. The highest BCUT2D eigenvalue weighted by Crippen LogP contribution is 2.35. The predicted octanol–water partition coefficient (Wildman–Crippen LogP) is 4.14. The molecule has 4 rings (SSSR count). The Morgan fingerprint density at radius 3 is 2.59 bits per heavy atom. The molecular weight excluding hydrogens is 430 g/mol. The van der Waals surface area contributed by atoms with Crippen LogP contribution in [-0.4, -0.2) is 33.5 Å². The molecule has 0 saturated carbocycles. The van der Waals surface area contributed by atoms with Gasteiger partial charge in [0.15, 0.2) is 0 Å². The van der Waals surface area contributed by atoms with Crippen LogP contribution in [0.4, 0.5) is 16.5 Å². The molecule has 32 heavy (non-hydrogen) atoms. The Bertz CT molecular complexity index is 1220.